The second-order valence-electron chi connectivity index (χ2n) is 4.79. The van der Waals surface area contributed by atoms with Gasteiger partial charge in [0.25, 0.3) is 5.91 Å². The zero-order chi connectivity index (χ0) is 14.9. The van der Waals surface area contributed by atoms with Gasteiger partial charge in [-0.3, -0.25) is 4.79 Å². The van der Waals surface area contributed by atoms with Crippen LogP contribution in [-0.2, 0) is 16.0 Å². The molecule has 110 valence electrons. The van der Waals surface area contributed by atoms with Crippen molar-refractivity contribution in [2.75, 3.05) is 32.8 Å². The molecular formula is C16H19N3O2. The summed E-state index contributed by atoms with van der Waals surface area (Å²) >= 11 is 0. The van der Waals surface area contributed by atoms with Crippen molar-refractivity contribution >= 4 is 5.91 Å². The van der Waals surface area contributed by atoms with Gasteiger partial charge in [-0.25, -0.2) is 0 Å². The molecule has 0 aliphatic carbocycles. The standard InChI is InChI=1S/C16H19N3O2/c17-12-15(13-19-8-10-21-11-9-19)16(20)18-7-6-14-4-2-1-3-5-14/h1-5,13H,6-11H2,(H,18,20)/b15-13-. The predicted molar refractivity (Wildman–Crippen MR) is 79.2 cm³/mol. The summed E-state index contributed by atoms with van der Waals surface area (Å²) in [5.74, 6) is -0.320. The van der Waals surface area contributed by atoms with Crippen LogP contribution in [0.3, 0.4) is 0 Å². The van der Waals surface area contributed by atoms with E-state index in [1.54, 1.807) is 6.20 Å². The Morgan fingerprint density at radius 1 is 1.33 bits per heavy atom. The Labute approximate surface area is 124 Å². The Kier molecular flexibility index (Phi) is 5.80. The number of ether oxygens (including phenoxy) is 1. The minimum Gasteiger partial charge on any atom is -0.378 e. The number of nitrogens with one attached hydrogen (secondary N) is 1. The Morgan fingerprint density at radius 3 is 2.71 bits per heavy atom. The first-order valence-corrected chi connectivity index (χ1v) is 7.05. The molecule has 1 N–H and O–H groups in total. The van der Waals surface area contributed by atoms with E-state index in [4.69, 9.17) is 10.00 Å². The second-order valence-corrected chi connectivity index (χ2v) is 4.79. The lowest BCUT2D eigenvalue weighted by Crippen LogP contribution is -2.34. The van der Waals surface area contributed by atoms with E-state index in [1.807, 2.05) is 41.3 Å². The summed E-state index contributed by atoms with van der Waals surface area (Å²) < 4.78 is 5.23. The summed E-state index contributed by atoms with van der Waals surface area (Å²) in [5.41, 5.74) is 1.30. The van der Waals surface area contributed by atoms with Gasteiger partial charge in [0.15, 0.2) is 0 Å². The summed E-state index contributed by atoms with van der Waals surface area (Å²) in [7, 11) is 0. The molecule has 2 rings (SSSR count). The molecule has 0 aromatic heterocycles. The van der Waals surface area contributed by atoms with Gasteiger partial charge in [-0.05, 0) is 12.0 Å². The highest BCUT2D eigenvalue weighted by Gasteiger charge is 2.12. The largest absolute Gasteiger partial charge is 0.378 e. The van der Waals surface area contributed by atoms with Crippen molar-refractivity contribution in [2.24, 2.45) is 0 Å². The molecule has 1 saturated heterocycles. The van der Waals surface area contributed by atoms with E-state index in [9.17, 15) is 4.79 Å². The molecule has 5 nitrogen and oxygen atoms in total. The number of rotatable bonds is 5. The highest BCUT2D eigenvalue weighted by molar-refractivity contribution is 5.97. The average Bonchev–Trinajstić information content (AvgIpc) is 2.54. The molecule has 1 fully saturated rings. The Hall–Kier alpha value is -2.32. The monoisotopic (exact) mass is 285 g/mol. The molecule has 1 aliphatic heterocycles. The summed E-state index contributed by atoms with van der Waals surface area (Å²) in [4.78, 5) is 13.9. The van der Waals surface area contributed by atoms with Gasteiger partial charge in [-0.2, -0.15) is 5.26 Å². The minimum atomic E-state index is -0.320. The van der Waals surface area contributed by atoms with Gasteiger partial charge in [0.05, 0.1) is 13.2 Å². The van der Waals surface area contributed by atoms with Gasteiger partial charge in [-0.15, -0.1) is 0 Å². The summed E-state index contributed by atoms with van der Waals surface area (Å²) in [5, 5.41) is 11.9. The van der Waals surface area contributed by atoms with Crippen molar-refractivity contribution in [2.45, 2.75) is 6.42 Å². The van der Waals surface area contributed by atoms with Gasteiger partial charge >= 0.3 is 0 Å². The lowest BCUT2D eigenvalue weighted by atomic mass is 10.1. The van der Waals surface area contributed by atoms with Crippen LogP contribution in [0.25, 0.3) is 0 Å². The van der Waals surface area contributed by atoms with Gasteiger partial charge in [-0.1, -0.05) is 30.3 Å². The quantitative estimate of drug-likeness (QED) is 0.649. The lowest BCUT2D eigenvalue weighted by Gasteiger charge is -2.25. The normalized spacial score (nSPS) is 15.4. The topological polar surface area (TPSA) is 65.4 Å². The van der Waals surface area contributed by atoms with Crippen molar-refractivity contribution in [1.29, 1.82) is 5.26 Å². The molecule has 21 heavy (non-hydrogen) atoms. The third kappa shape index (κ3) is 4.93. The first kappa shape index (κ1) is 15.1. The number of morpholine rings is 1. The SMILES string of the molecule is N#C/C(=C/N1CCOCC1)C(=O)NCCc1ccccc1. The second kappa shape index (κ2) is 8.08. The first-order chi connectivity index (χ1) is 10.3. The Bertz CT molecular complexity index is 528. The molecule has 0 radical (unpaired) electrons. The van der Waals surface area contributed by atoms with Crippen LogP contribution in [0, 0.1) is 11.3 Å². The smallest absolute Gasteiger partial charge is 0.263 e. The van der Waals surface area contributed by atoms with E-state index >= 15 is 0 Å². The number of amides is 1. The molecule has 0 spiro atoms. The molecule has 1 aromatic rings. The van der Waals surface area contributed by atoms with Crippen LogP contribution < -0.4 is 5.32 Å². The van der Waals surface area contributed by atoms with Crippen LogP contribution in [0.1, 0.15) is 5.56 Å². The van der Waals surface area contributed by atoms with E-state index in [0.29, 0.717) is 32.8 Å². The van der Waals surface area contributed by atoms with E-state index in [0.717, 1.165) is 12.0 Å². The van der Waals surface area contributed by atoms with Crippen LogP contribution in [0.5, 0.6) is 0 Å². The molecular weight excluding hydrogens is 266 g/mol. The Balaban J connectivity index is 1.82. The van der Waals surface area contributed by atoms with E-state index in [2.05, 4.69) is 5.32 Å². The number of hydrogen-bond donors (Lipinski definition) is 1. The molecule has 1 heterocycles. The van der Waals surface area contributed by atoms with Crippen molar-refractivity contribution in [3.05, 3.63) is 47.7 Å². The molecule has 0 bridgehead atoms. The molecule has 0 atom stereocenters. The van der Waals surface area contributed by atoms with E-state index in [-0.39, 0.29) is 11.5 Å². The number of benzene rings is 1. The maximum Gasteiger partial charge on any atom is 0.263 e. The average molecular weight is 285 g/mol. The number of hydrogen-bond acceptors (Lipinski definition) is 4. The van der Waals surface area contributed by atoms with Crippen molar-refractivity contribution in [1.82, 2.24) is 10.2 Å². The lowest BCUT2D eigenvalue weighted by molar-refractivity contribution is -0.117. The maximum absolute atomic E-state index is 12.0. The van der Waals surface area contributed by atoms with E-state index in [1.165, 1.54) is 0 Å². The van der Waals surface area contributed by atoms with Gasteiger partial charge < -0.3 is 15.0 Å². The Morgan fingerprint density at radius 2 is 2.05 bits per heavy atom. The molecule has 0 saturated carbocycles. The summed E-state index contributed by atoms with van der Waals surface area (Å²) in [6, 6.07) is 11.9. The zero-order valence-electron chi connectivity index (χ0n) is 11.9. The molecule has 1 amide bonds. The third-order valence-corrected chi connectivity index (χ3v) is 3.26. The van der Waals surface area contributed by atoms with Gasteiger partial charge in [0.1, 0.15) is 11.6 Å². The summed E-state index contributed by atoms with van der Waals surface area (Å²) in [6.07, 6.45) is 2.38. The fourth-order valence-electron chi connectivity index (χ4n) is 2.09. The third-order valence-electron chi connectivity index (χ3n) is 3.26. The molecule has 5 heteroatoms. The highest BCUT2D eigenvalue weighted by atomic mass is 16.5. The van der Waals surface area contributed by atoms with Gasteiger partial charge in [0, 0.05) is 25.8 Å². The number of carbonyl (C=O) groups excluding carboxylic acids is 1. The van der Waals surface area contributed by atoms with Crippen molar-refractivity contribution < 1.29 is 9.53 Å². The molecule has 1 aromatic carbocycles. The number of nitriles is 1. The van der Waals surface area contributed by atoms with Crippen LogP contribution in [0.15, 0.2) is 42.1 Å². The molecule has 1 aliphatic rings. The number of carbonyl (C=O) groups is 1. The first-order valence-electron chi connectivity index (χ1n) is 7.05. The van der Waals surface area contributed by atoms with Crippen molar-refractivity contribution in [3.8, 4) is 6.07 Å². The van der Waals surface area contributed by atoms with Crippen LogP contribution in [0.4, 0.5) is 0 Å². The fraction of sp³-hybridized carbons (Fsp3) is 0.375. The van der Waals surface area contributed by atoms with Crippen LogP contribution >= 0.6 is 0 Å². The van der Waals surface area contributed by atoms with Gasteiger partial charge in [0.2, 0.25) is 0 Å². The fourth-order valence-corrected chi connectivity index (χ4v) is 2.09. The highest BCUT2D eigenvalue weighted by Crippen LogP contribution is 2.03. The summed E-state index contributed by atoms with van der Waals surface area (Å²) in [6.45, 7) is 3.20. The predicted octanol–water partition coefficient (Wildman–Crippen LogP) is 1.08. The minimum absolute atomic E-state index is 0.143. The maximum atomic E-state index is 12.0. The van der Waals surface area contributed by atoms with E-state index < -0.39 is 0 Å². The van der Waals surface area contributed by atoms with Crippen molar-refractivity contribution in [3.63, 3.8) is 0 Å². The van der Waals surface area contributed by atoms with Crippen LogP contribution in [0.2, 0.25) is 0 Å². The molecule has 0 unspecified atom stereocenters. The zero-order valence-corrected chi connectivity index (χ0v) is 11.9. The van der Waals surface area contributed by atoms with Crippen LogP contribution in [-0.4, -0.2) is 43.7 Å². The number of nitrogens with zero attached hydrogens (tertiary/aromatic N) is 2.